The van der Waals surface area contributed by atoms with E-state index in [0.29, 0.717) is 28.6 Å². The molecule has 1 atom stereocenters. The van der Waals surface area contributed by atoms with Crippen molar-refractivity contribution in [1.82, 2.24) is 9.78 Å². The predicted octanol–water partition coefficient (Wildman–Crippen LogP) is 3.20. The van der Waals surface area contributed by atoms with Gasteiger partial charge < -0.3 is 10.1 Å². The van der Waals surface area contributed by atoms with E-state index in [1.807, 2.05) is 37.3 Å². The number of rotatable bonds is 4. The number of aromatic nitrogens is 2. The van der Waals surface area contributed by atoms with Crippen molar-refractivity contribution in [2.24, 2.45) is 0 Å². The van der Waals surface area contributed by atoms with Gasteiger partial charge >= 0.3 is 0 Å². The molecular weight excluding hydrogens is 362 g/mol. The number of methoxy groups -OCH3 is 1. The maximum absolute atomic E-state index is 12.9. The number of ether oxygens (including phenoxy) is 1. The van der Waals surface area contributed by atoms with Crippen LogP contribution in [-0.4, -0.2) is 27.0 Å². The van der Waals surface area contributed by atoms with Crippen molar-refractivity contribution >= 4 is 22.5 Å². The number of para-hydroxylation sites is 1. The van der Waals surface area contributed by atoms with Crippen LogP contribution in [0.1, 0.15) is 27.2 Å². The molecule has 6 nitrogen and oxygen atoms in total. The number of fused-ring (bicyclic) bond motifs is 1. The van der Waals surface area contributed by atoms with Crippen LogP contribution in [0, 0.1) is 6.92 Å². The van der Waals surface area contributed by atoms with Crippen LogP contribution in [0.2, 0.25) is 0 Å². The highest BCUT2D eigenvalue weighted by Crippen LogP contribution is 2.32. The van der Waals surface area contributed by atoms with E-state index < -0.39 is 10.8 Å². The van der Waals surface area contributed by atoms with Gasteiger partial charge in [-0.3, -0.25) is 9.00 Å². The van der Waals surface area contributed by atoms with Gasteiger partial charge in [-0.25, -0.2) is 4.68 Å². The van der Waals surface area contributed by atoms with Gasteiger partial charge in [0.1, 0.15) is 11.6 Å². The standard InChI is InChI=1S/C20H19N3O3S/c1-13-7-9-14(10-8-13)23-19(16-11-27(25)12-17(16)22-23)21-20(24)15-5-3-4-6-18(15)26-2/h3-10H,11-12H2,1-2H3,(H,21,24). The van der Waals surface area contributed by atoms with Gasteiger partial charge in [0.15, 0.2) is 0 Å². The third-order valence-corrected chi connectivity index (χ3v) is 5.74. The molecule has 1 aromatic heterocycles. The normalized spacial score (nSPS) is 15.4. The van der Waals surface area contributed by atoms with E-state index in [2.05, 4.69) is 10.4 Å². The third kappa shape index (κ3) is 3.26. The zero-order valence-electron chi connectivity index (χ0n) is 15.1. The van der Waals surface area contributed by atoms with E-state index in [1.54, 1.807) is 22.9 Å². The number of carbonyl (C=O) groups is 1. The largest absolute Gasteiger partial charge is 0.496 e. The molecule has 3 aromatic rings. The molecule has 0 spiro atoms. The molecule has 1 amide bonds. The van der Waals surface area contributed by atoms with E-state index >= 15 is 0 Å². The summed E-state index contributed by atoms with van der Waals surface area (Å²) in [6.07, 6.45) is 0. The van der Waals surface area contributed by atoms with Crippen molar-refractivity contribution in [2.75, 3.05) is 12.4 Å². The van der Waals surface area contributed by atoms with Gasteiger partial charge in [-0.15, -0.1) is 0 Å². The molecular formula is C20H19N3O3S. The molecule has 2 heterocycles. The van der Waals surface area contributed by atoms with Crippen LogP contribution in [0.5, 0.6) is 5.75 Å². The van der Waals surface area contributed by atoms with Crippen LogP contribution in [0.15, 0.2) is 48.5 Å². The maximum atomic E-state index is 12.9. The number of aryl methyl sites for hydroxylation is 1. The summed E-state index contributed by atoms with van der Waals surface area (Å²) in [5.74, 6) is 1.57. The zero-order chi connectivity index (χ0) is 19.0. The number of amides is 1. The van der Waals surface area contributed by atoms with Crippen LogP contribution in [0.4, 0.5) is 5.82 Å². The summed E-state index contributed by atoms with van der Waals surface area (Å²) in [6, 6.07) is 14.9. The second kappa shape index (κ2) is 7.00. The lowest BCUT2D eigenvalue weighted by Crippen LogP contribution is -2.17. The molecule has 0 fully saturated rings. The van der Waals surface area contributed by atoms with Crippen LogP contribution in [0.25, 0.3) is 5.69 Å². The molecule has 138 valence electrons. The lowest BCUT2D eigenvalue weighted by Gasteiger charge is -2.13. The first-order chi connectivity index (χ1) is 13.1. The quantitative estimate of drug-likeness (QED) is 0.753. The third-order valence-electron chi connectivity index (χ3n) is 4.53. The van der Waals surface area contributed by atoms with Gasteiger partial charge in [0.05, 0.1) is 35.6 Å². The molecule has 1 N–H and O–H groups in total. The molecule has 0 saturated carbocycles. The van der Waals surface area contributed by atoms with Crippen LogP contribution < -0.4 is 10.1 Å². The first-order valence-corrected chi connectivity index (χ1v) is 10.0. The number of hydrogen-bond donors (Lipinski definition) is 1. The molecule has 1 aliphatic heterocycles. The summed E-state index contributed by atoms with van der Waals surface area (Å²) >= 11 is 0. The van der Waals surface area contributed by atoms with E-state index in [1.165, 1.54) is 7.11 Å². The molecule has 1 unspecified atom stereocenters. The maximum Gasteiger partial charge on any atom is 0.260 e. The van der Waals surface area contributed by atoms with E-state index in [4.69, 9.17) is 4.74 Å². The highest BCUT2D eigenvalue weighted by atomic mass is 32.2. The van der Waals surface area contributed by atoms with Crippen molar-refractivity contribution in [3.8, 4) is 11.4 Å². The van der Waals surface area contributed by atoms with Crippen LogP contribution in [0.3, 0.4) is 0 Å². The van der Waals surface area contributed by atoms with E-state index in [9.17, 15) is 9.00 Å². The van der Waals surface area contributed by atoms with Gasteiger partial charge in [0.2, 0.25) is 0 Å². The number of carbonyl (C=O) groups excluding carboxylic acids is 1. The Labute approximate surface area is 159 Å². The summed E-state index contributed by atoms with van der Waals surface area (Å²) in [5, 5.41) is 7.57. The molecule has 2 aromatic carbocycles. The zero-order valence-corrected chi connectivity index (χ0v) is 15.9. The van der Waals surface area contributed by atoms with Crippen molar-refractivity contribution < 1.29 is 13.7 Å². The number of nitrogens with one attached hydrogen (secondary N) is 1. The van der Waals surface area contributed by atoms with Crippen molar-refractivity contribution in [3.63, 3.8) is 0 Å². The van der Waals surface area contributed by atoms with Gasteiger partial charge in [-0.05, 0) is 31.2 Å². The van der Waals surface area contributed by atoms with E-state index in [0.717, 1.165) is 22.5 Å². The van der Waals surface area contributed by atoms with Crippen molar-refractivity contribution in [2.45, 2.75) is 18.4 Å². The Bertz CT molecular complexity index is 1040. The summed E-state index contributed by atoms with van der Waals surface area (Å²) in [5.41, 5.74) is 4.01. The average Bonchev–Trinajstić information content (AvgIpc) is 3.19. The van der Waals surface area contributed by atoms with Crippen molar-refractivity contribution in [1.29, 1.82) is 0 Å². The van der Waals surface area contributed by atoms with Crippen molar-refractivity contribution in [3.05, 3.63) is 70.9 Å². The minimum absolute atomic E-state index is 0.291. The van der Waals surface area contributed by atoms with Gasteiger partial charge in [0.25, 0.3) is 5.91 Å². The topological polar surface area (TPSA) is 73.2 Å². The number of anilines is 1. The Balaban J connectivity index is 1.76. The summed E-state index contributed by atoms with van der Waals surface area (Å²) < 4.78 is 19.0. The number of benzene rings is 2. The van der Waals surface area contributed by atoms with E-state index in [-0.39, 0.29) is 5.91 Å². The fraction of sp³-hybridized carbons (Fsp3) is 0.200. The first kappa shape index (κ1) is 17.5. The van der Waals surface area contributed by atoms with Gasteiger partial charge in [-0.2, -0.15) is 5.10 Å². The monoisotopic (exact) mass is 381 g/mol. The lowest BCUT2D eigenvalue weighted by atomic mass is 10.2. The number of hydrogen-bond acceptors (Lipinski definition) is 4. The van der Waals surface area contributed by atoms with Crippen LogP contribution >= 0.6 is 0 Å². The van der Waals surface area contributed by atoms with Crippen LogP contribution in [-0.2, 0) is 22.3 Å². The molecule has 1 aliphatic rings. The Morgan fingerprint density at radius 1 is 1.15 bits per heavy atom. The fourth-order valence-electron chi connectivity index (χ4n) is 3.14. The summed E-state index contributed by atoms with van der Waals surface area (Å²) in [6.45, 7) is 2.01. The fourth-order valence-corrected chi connectivity index (χ4v) is 4.40. The smallest absolute Gasteiger partial charge is 0.260 e. The molecule has 4 rings (SSSR count). The molecule has 27 heavy (non-hydrogen) atoms. The second-order valence-corrected chi connectivity index (χ2v) is 7.86. The molecule has 0 radical (unpaired) electrons. The second-order valence-electron chi connectivity index (χ2n) is 6.40. The first-order valence-electron chi connectivity index (χ1n) is 8.54. The average molecular weight is 381 g/mol. The van der Waals surface area contributed by atoms with Gasteiger partial charge in [-0.1, -0.05) is 29.8 Å². The summed E-state index contributed by atoms with van der Waals surface area (Å²) in [4.78, 5) is 12.9. The Morgan fingerprint density at radius 3 is 2.63 bits per heavy atom. The molecule has 0 saturated heterocycles. The Hall–Kier alpha value is -2.93. The lowest BCUT2D eigenvalue weighted by molar-refractivity contribution is 0.102. The minimum atomic E-state index is -0.984. The Kier molecular flexibility index (Phi) is 4.53. The number of nitrogens with zero attached hydrogens (tertiary/aromatic N) is 2. The molecule has 0 aliphatic carbocycles. The Morgan fingerprint density at radius 2 is 1.89 bits per heavy atom. The highest BCUT2D eigenvalue weighted by molar-refractivity contribution is 7.83. The minimum Gasteiger partial charge on any atom is -0.496 e. The van der Waals surface area contributed by atoms with Gasteiger partial charge in [0, 0.05) is 16.4 Å². The SMILES string of the molecule is COc1ccccc1C(=O)Nc1c2c(nn1-c1ccc(C)cc1)CS(=O)C2. The predicted molar refractivity (Wildman–Crippen MR) is 105 cm³/mol. The summed E-state index contributed by atoms with van der Waals surface area (Å²) in [7, 11) is 0.547. The molecule has 0 bridgehead atoms. The highest BCUT2D eigenvalue weighted by Gasteiger charge is 2.28. The molecule has 7 heteroatoms.